The Hall–Kier alpha value is -4.12. The first-order chi connectivity index (χ1) is 20.7. The third-order valence-corrected chi connectivity index (χ3v) is 9.60. The lowest BCUT2D eigenvalue weighted by Crippen LogP contribution is -2.53. The van der Waals surface area contributed by atoms with Crippen molar-refractivity contribution < 1.29 is 31.9 Å². The molecule has 1 aliphatic carbocycles. The first-order valence-corrected chi connectivity index (χ1v) is 16.0. The average molecular weight is 610 g/mol. The molecule has 5 rings (SSSR count). The number of nitrogens with one attached hydrogen (secondary N) is 1. The number of anilines is 1. The summed E-state index contributed by atoms with van der Waals surface area (Å²) in [5.41, 5.74) is 0.811. The maximum atomic E-state index is 14.1. The molecule has 0 radical (unpaired) electrons. The summed E-state index contributed by atoms with van der Waals surface area (Å²) >= 11 is 0. The molecule has 0 saturated heterocycles. The van der Waals surface area contributed by atoms with Crippen molar-refractivity contribution in [3.63, 3.8) is 0 Å². The summed E-state index contributed by atoms with van der Waals surface area (Å²) in [7, 11) is -4.22. The van der Waals surface area contributed by atoms with Gasteiger partial charge >= 0.3 is 0 Å². The van der Waals surface area contributed by atoms with E-state index in [1.54, 1.807) is 49.4 Å². The number of carbonyl (C=O) groups excluding carboxylic acids is 2. The number of amides is 2. The van der Waals surface area contributed by atoms with E-state index in [4.69, 9.17) is 9.47 Å². The summed E-state index contributed by atoms with van der Waals surface area (Å²) in [6, 6.07) is 17.3. The molecular formula is C32H36FN3O6S. The van der Waals surface area contributed by atoms with Crippen molar-refractivity contribution in [2.45, 2.75) is 62.6 Å². The maximum absolute atomic E-state index is 14.1. The van der Waals surface area contributed by atoms with E-state index in [0.717, 1.165) is 36.4 Å². The Balaban J connectivity index is 1.47. The first-order valence-electron chi connectivity index (χ1n) is 14.5. The molecule has 11 heteroatoms. The number of hydrogen-bond acceptors (Lipinski definition) is 6. The van der Waals surface area contributed by atoms with Crippen LogP contribution in [0, 0.1) is 5.82 Å². The summed E-state index contributed by atoms with van der Waals surface area (Å²) < 4.78 is 53.9. The zero-order valence-electron chi connectivity index (χ0n) is 24.1. The van der Waals surface area contributed by atoms with Gasteiger partial charge in [-0.1, -0.05) is 49.6 Å². The Morgan fingerprint density at radius 2 is 1.60 bits per heavy atom. The van der Waals surface area contributed by atoms with E-state index >= 15 is 0 Å². The normalized spacial score (nSPS) is 15.8. The Bertz CT molecular complexity index is 1530. The van der Waals surface area contributed by atoms with Crippen LogP contribution < -0.4 is 19.1 Å². The lowest BCUT2D eigenvalue weighted by Gasteiger charge is -2.33. The Morgan fingerprint density at radius 1 is 0.930 bits per heavy atom. The standard InChI is InChI=1S/C32H36FN3O6S/c1-23(32(38)34-26-8-4-2-5-9-26)35(21-24-12-14-25(33)15-13-24)31(37)22-36(43(39,40)28-10-6-3-7-11-28)27-16-17-29-30(20-27)42-19-18-41-29/h3,6-7,10-17,20,23,26H,2,4-5,8-9,18-19,21-22H2,1H3,(H,34,38). The molecule has 1 saturated carbocycles. The molecule has 1 N–H and O–H groups in total. The van der Waals surface area contributed by atoms with E-state index in [2.05, 4.69) is 5.32 Å². The highest BCUT2D eigenvalue weighted by atomic mass is 32.2. The second kappa shape index (κ2) is 13.5. The third kappa shape index (κ3) is 7.27. The first kappa shape index (κ1) is 30.3. The molecule has 0 bridgehead atoms. The van der Waals surface area contributed by atoms with Gasteiger partial charge in [-0.25, -0.2) is 12.8 Å². The van der Waals surface area contributed by atoms with Gasteiger partial charge in [-0.15, -0.1) is 0 Å². The SMILES string of the molecule is CC(C(=O)NC1CCCCC1)N(Cc1ccc(F)cc1)C(=O)CN(c1ccc2c(c1)OCCO2)S(=O)(=O)c1ccccc1. The molecule has 1 unspecified atom stereocenters. The lowest BCUT2D eigenvalue weighted by atomic mass is 9.95. The molecule has 0 aromatic heterocycles. The molecule has 43 heavy (non-hydrogen) atoms. The smallest absolute Gasteiger partial charge is 0.264 e. The molecular weight excluding hydrogens is 573 g/mol. The highest BCUT2D eigenvalue weighted by molar-refractivity contribution is 7.92. The molecule has 1 fully saturated rings. The zero-order valence-corrected chi connectivity index (χ0v) is 24.9. The minimum absolute atomic E-state index is 0.00543. The predicted octanol–water partition coefficient (Wildman–Crippen LogP) is 4.66. The fourth-order valence-corrected chi connectivity index (χ4v) is 6.80. The number of rotatable bonds is 10. The van der Waals surface area contributed by atoms with Gasteiger partial charge in [-0.3, -0.25) is 13.9 Å². The van der Waals surface area contributed by atoms with Crippen LogP contribution in [0.15, 0.2) is 77.7 Å². The highest BCUT2D eigenvalue weighted by Crippen LogP contribution is 2.36. The van der Waals surface area contributed by atoms with Gasteiger partial charge in [-0.2, -0.15) is 0 Å². The Labute approximate surface area is 251 Å². The van der Waals surface area contributed by atoms with Gasteiger partial charge in [0.15, 0.2) is 11.5 Å². The number of halogens is 1. The minimum atomic E-state index is -4.22. The van der Waals surface area contributed by atoms with Gasteiger partial charge in [0, 0.05) is 18.7 Å². The van der Waals surface area contributed by atoms with Crippen LogP contribution in [0.5, 0.6) is 11.5 Å². The van der Waals surface area contributed by atoms with Gasteiger partial charge in [0.1, 0.15) is 31.6 Å². The topological polar surface area (TPSA) is 105 Å². The molecule has 0 spiro atoms. The number of carbonyl (C=O) groups is 2. The molecule has 9 nitrogen and oxygen atoms in total. The Morgan fingerprint density at radius 3 is 2.30 bits per heavy atom. The van der Waals surface area contributed by atoms with E-state index < -0.39 is 34.3 Å². The Kier molecular flexibility index (Phi) is 9.49. The van der Waals surface area contributed by atoms with Crippen molar-refractivity contribution in [3.05, 3.63) is 84.2 Å². The summed E-state index contributed by atoms with van der Waals surface area (Å²) in [6.45, 7) is 1.70. The number of fused-ring (bicyclic) bond motifs is 1. The summed E-state index contributed by atoms with van der Waals surface area (Å²) in [6.07, 6.45) is 4.93. The number of sulfonamides is 1. The van der Waals surface area contributed by atoms with Crippen LogP contribution in [0.25, 0.3) is 0 Å². The van der Waals surface area contributed by atoms with Gasteiger partial charge in [0.2, 0.25) is 11.8 Å². The predicted molar refractivity (Wildman–Crippen MR) is 160 cm³/mol. The summed E-state index contributed by atoms with van der Waals surface area (Å²) in [4.78, 5) is 28.9. The third-order valence-electron chi connectivity index (χ3n) is 7.81. The molecule has 228 valence electrons. The van der Waals surface area contributed by atoms with Crippen LogP contribution >= 0.6 is 0 Å². The summed E-state index contributed by atoms with van der Waals surface area (Å²) in [5, 5.41) is 3.07. The number of ether oxygens (including phenoxy) is 2. The van der Waals surface area contributed by atoms with Crippen molar-refractivity contribution in [2.24, 2.45) is 0 Å². The average Bonchev–Trinajstić information content (AvgIpc) is 3.03. The van der Waals surface area contributed by atoms with Crippen LogP contribution in [0.4, 0.5) is 10.1 Å². The van der Waals surface area contributed by atoms with E-state index in [9.17, 15) is 22.4 Å². The molecule has 2 amide bonds. The number of hydrogen-bond donors (Lipinski definition) is 1. The molecule has 1 atom stereocenters. The van der Waals surface area contributed by atoms with Crippen molar-refractivity contribution >= 4 is 27.5 Å². The lowest BCUT2D eigenvalue weighted by molar-refractivity contribution is -0.139. The second-order valence-electron chi connectivity index (χ2n) is 10.8. The van der Waals surface area contributed by atoms with E-state index in [1.807, 2.05) is 0 Å². The minimum Gasteiger partial charge on any atom is -0.486 e. The molecule has 3 aromatic rings. The van der Waals surface area contributed by atoms with Crippen LogP contribution in [0.1, 0.15) is 44.6 Å². The van der Waals surface area contributed by atoms with E-state index in [0.29, 0.717) is 30.3 Å². The molecule has 1 heterocycles. The van der Waals surface area contributed by atoms with Crippen LogP contribution in [0.3, 0.4) is 0 Å². The monoisotopic (exact) mass is 609 g/mol. The number of nitrogens with zero attached hydrogens (tertiary/aromatic N) is 2. The molecule has 1 aliphatic heterocycles. The van der Waals surface area contributed by atoms with Gasteiger partial charge in [0.05, 0.1) is 10.6 Å². The van der Waals surface area contributed by atoms with Crippen LogP contribution in [-0.4, -0.2) is 57.0 Å². The van der Waals surface area contributed by atoms with Gasteiger partial charge in [0.25, 0.3) is 10.0 Å². The van der Waals surface area contributed by atoms with Gasteiger partial charge < -0.3 is 19.7 Å². The van der Waals surface area contributed by atoms with Gasteiger partial charge in [-0.05, 0) is 61.7 Å². The summed E-state index contributed by atoms with van der Waals surface area (Å²) in [5.74, 6) is -0.496. The van der Waals surface area contributed by atoms with Crippen LogP contribution in [0.2, 0.25) is 0 Å². The fraction of sp³-hybridized carbons (Fsp3) is 0.375. The van der Waals surface area contributed by atoms with Crippen molar-refractivity contribution in [2.75, 3.05) is 24.1 Å². The molecule has 2 aliphatic rings. The van der Waals surface area contributed by atoms with Crippen molar-refractivity contribution in [1.82, 2.24) is 10.2 Å². The zero-order chi connectivity index (χ0) is 30.4. The van der Waals surface area contributed by atoms with Crippen molar-refractivity contribution in [3.8, 4) is 11.5 Å². The second-order valence-corrected chi connectivity index (χ2v) is 12.7. The maximum Gasteiger partial charge on any atom is 0.264 e. The number of benzene rings is 3. The highest BCUT2D eigenvalue weighted by Gasteiger charge is 2.33. The van der Waals surface area contributed by atoms with E-state index in [-0.39, 0.29) is 29.1 Å². The van der Waals surface area contributed by atoms with Crippen molar-refractivity contribution in [1.29, 1.82) is 0 Å². The molecule has 3 aromatic carbocycles. The van der Waals surface area contributed by atoms with Crippen LogP contribution in [-0.2, 0) is 26.2 Å². The largest absolute Gasteiger partial charge is 0.486 e. The van der Waals surface area contributed by atoms with E-state index in [1.165, 1.54) is 35.2 Å². The quantitative estimate of drug-likeness (QED) is 0.359. The fourth-order valence-electron chi connectivity index (χ4n) is 5.37.